The van der Waals surface area contributed by atoms with Crippen LogP contribution in [0.15, 0.2) is 53.4 Å². The highest BCUT2D eigenvalue weighted by Crippen LogP contribution is 2.20. The molecule has 3 rings (SSSR count). The van der Waals surface area contributed by atoms with Gasteiger partial charge in [-0.25, -0.2) is 8.42 Å². The number of hydrogen-bond donors (Lipinski definition) is 2. The first-order valence-corrected chi connectivity index (χ1v) is 12.3. The molecule has 2 aromatic carbocycles. The topological polar surface area (TPSA) is 78.5 Å². The van der Waals surface area contributed by atoms with Gasteiger partial charge in [0.25, 0.3) is 0 Å². The van der Waals surface area contributed by atoms with E-state index in [2.05, 4.69) is 14.9 Å². The van der Waals surface area contributed by atoms with Crippen molar-refractivity contribution >= 4 is 45.0 Å². The molecule has 1 amide bonds. The van der Waals surface area contributed by atoms with E-state index in [0.29, 0.717) is 10.7 Å². The molecule has 2 N–H and O–H groups in total. The van der Waals surface area contributed by atoms with E-state index < -0.39 is 22.0 Å². The van der Waals surface area contributed by atoms with E-state index in [9.17, 15) is 13.2 Å². The Bertz CT molecular complexity index is 946. The number of carbonyl (C=O) groups excluding carboxylic acids is 1. The fraction of sp³-hybridized carbons (Fsp3) is 0.350. The van der Waals surface area contributed by atoms with E-state index in [4.69, 9.17) is 11.6 Å². The standard InChI is InChI=1S/C20H24ClN3O3S2/c1-15(23-29(26,27)18-8-6-17(21)7-9-18)20(25)22-19-5-3-2-4-16(19)14-24-10-12-28-13-11-24/h2-9,15,23H,10-14H2,1H3,(H,22,25)/t15-/m0/s1. The van der Waals surface area contributed by atoms with Gasteiger partial charge in [-0.05, 0) is 42.8 Å². The molecule has 0 bridgehead atoms. The zero-order chi connectivity index (χ0) is 20.9. The molecule has 0 unspecified atom stereocenters. The van der Waals surface area contributed by atoms with Crippen LogP contribution in [0.1, 0.15) is 12.5 Å². The zero-order valence-corrected chi connectivity index (χ0v) is 18.5. The summed E-state index contributed by atoms with van der Waals surface area (Å²) in [5.74, 6) is 1.81. The number of amides is 1. The summed E-state index contributed by atoms with van der Waals surface area (Å²) in [5, 5.41) is 3.31. The van der Waals surface area contributed by atoms with Gasteiger partial charge in [0, 0.05) is 41.8 Å². The van der Waals surface area contributed by atoms with Crippen molar-refractivity contribution in [2.45, 2.75) is 24.4 Å². The van der Waals surface area contributed by atoms with Gasteiger partial charge in [0.2, 0.25) is 15.9 Å². The fourth-order valence-electron chi connectivity index (χ4n) is 2.99. The van der Waals surface area contributed by atoms with Crippen LogP contribution in [0, 0.1) is 0 Å². The molecule has 1 heterocycles. The SMILES string of the molecule is C[C@H](NS(=O)(=O)c1ccc(Cl)cc1)C(=O)Nc1ccccc1CN1CCSCC1. The monoisotopic (exact) mass is 453 g/mol. The number of hydrogen-bond acceptors (Lipinski definition) is 5. The number of nitrogens with zero attached hydrogens (tertiary/aromatic N) is 1. The second-order valence-corrected chi connectivity index (χ2v) is 10.2. The van der Waals surface area contributed by atoms with Gasteiger partial charge in [0.15, 0.2) is 0 Å². The van der Waals surface area contributed by atoms with Gasteiger partial charge in [-0.2, -0.15) is 16.5 Å². The lowest BCUT2D eigenvalue weighted by atomic mass is 10.1. The van der Waals surface area contributed by atoms with Crippen molar-refractivity contribution in [2.24, 2.45) is 0 Å². The third-order valence-corrected chi connectivity index (χ3v) is 7.37. The molecule has 156 valence electrons. The minimum atomic E-state index is -3.83. The lowest BCUT2D eigenvalue weighted by Gasteiger charge is -2.27. The Morgan fingerprint density at radius 2 is 1.79 bits per heavy atom. The van der Waals surface area contributed by atoms with Crippen LogP contribution in [-0.2, 0) is 21.4 Å². The van der Waals surface area contributed by atoms with E-state index in [1.54, 1.807) is 0 Å². The predicted octanol–water partition coefficient (Wildman–Crippen LogP) is 3.19. The van der Waals surface area contributed by atoms with E-state index in [1.807, 2.05) is 36.0 Å². The summed E-state index contributed by atoms with van der Waals surface area (Å²) in [6.07, 6.45) is 0. The van der Waals surface area contributed by atoms with Crippen molar-refractivity contribution in [2.75, 3.05) is 29.9 Å². The van der Waals surface area contributed by atoms with Crippen LogP contribution in [0.5, 0.6) is 0 Å². The smallest absolute Gasteiger partial charge is 0.242 e. The molecule has 0 radical (unpaired) electrons. The summed E-state index contributed by atoms with van der Waals surface area (Å²) < 4.78 is 27.4. The first kappa shape index (κ1) is 22.1. The second-order valence-electron chi connectivity index (χ2n) is 6.83. The number of benzene rings is 2. The van der Waals surface area contributed by atoms with Crippen molar-refractivity contribution in [1.29, 1.82) is 0 Å². The van der Waals surface area contributed by atoms with Crippen molar-refractivity contribution < 1.29 is 13.2 Å². The van der Waals surface area contributed by atoms with Crippen LogP contribution in [0.3, 0.4) is 0 Å². The lowest BCUT2D eigenvalue weighted by molar-refractivity contribution is -0.117. The Balaban J connectivity index is 1.65. The van der Waals surface area contributed by atoms with Crippen LogP contribution < -0.4 is 10.0 Å². The maximum atomic E-state index is 12.6. The van der Waals surface area contributed by atoms with Gasteiger partial charge < -0.3 is 5.32 Å². The first-order valence-electron chi connectivity index (χ1n) is 9.32. The molecular weight excluding hydrogens is 430 g/mol. The highest BCUT2D eigenvalue weighted by molar-refractivity contribution is 7.99. The Morgan fingerprint density at radius 1 is 1.14 bits per heavy atom. The van der Waals surface area contributed by atoms with Crippen LogP contribution in [0.25, 0.3) is 0 Å². The number of nitrogens with one attached hydrogen (secondary N) is 2. The molecule has 0 saturated carbocycles. The van der Waals surface area contributed by atoms with E-state index in [0.717, 1.165) is 36.7 Å². The van der Waals surface area contributed by atoms with E-state index in [1.165, 1.54) is 31.2 Å². The minimum absolute atomic E-state index is 0.0601. The molecule has 6 nitrogen and oxygen atoms in total. The van der Waals surface area contributed by atoms with Gasteiger partial charge in [-0.1, -0.05) is 29.8 Å². The highest BCUT2D eigenvalue weighted by atomic mass is 35.5. The molecule has 2 aromatic rings. The largest absolute Gasteiger partial charge is 0.324 e. The molecule has 0 aliphatic carbocycles. The normalized spacial score (nSPS) is 16.3. The molecule has 9 heteroatoms. The number of para-hydroxylation sites is 1. The van der Waals surface area contributed by atoms with Crippen molar-refractivity contribution in [3.63, 3.8) is 0 Å². The molecule has 0 aromatic heterocycles. The van der Waals surface area contributed by atoms with Crippen molar-refractivity contribution in [1.82, 2.24) is 9.62 Å². The molecule has 1 aliphatic rings. The molecular formula is C20H24ClN3O3S2. The fourth-order valence-corrected chi connectivity index (χ4v) is 5.30. The first-order chi connectivity index (χ1) is 13.8. The number of carbonyl (C=O) groups is 1. The minimum Gasteiger partial charge on any atom is -0.324 e. The molecule has 29 heavy (non-hydrogen) atoms. The summed E-state index contributed by atoms with van der Waals surface area (Å²) in [7, 11) is -3.83. The molecule has 1 saturated heterocycles. The number of anilines is 1. The average molecular weight is 454 g/mol. The zero-order valence-electron chi connectivity index (χ0n) is 16.1. The number of rotatable bonds is 7. The van der Waals surface area contributed by atoms with Crippen LogP contribution in [0.2, 0.25) is 5.02 Å². The van der Waals surface area contributed by atoms with Gasteiger partial charge in [-0.15, -0.1) is 0 Å². The van der Waals surface area contributed by atoms with E-state index in [-0.39, 0.29) is 4.90 Å². The Morgan fingerprint density at radius 3 is 2.48 bits per heavy atom. The van der Waals surface area contributed by atoms with Crippen LogP contribution in [0.4, 0.5) is 5.69 Å². The second kappa shape index (κ2) is 9.95. The maximum absolute atomic E-state index is 12.6. The molecule has 1 atom stereocenters. The quantitative estimate of drug-likeness (QED) is 0.673. The lowest BCUT2D eigenvalue weighted by Crippen LogP contribution is -2.41. The summed E-state index contributed by atoms with van der Waals surface area (Å²) in [5.41, 5.74) is 1.72. The maximum Gasteiger partial charge on any atom is 0.242 e. The Hall–Kier alpha value is -1.58. The van der Waals surface area contributed by atoms with Crippen molar-refractivity contribution in [3.05, 3.63) is 59.1 Å². The summed E-state index contributed by atoms with van der Waals surface area (Å²) >= 11 is 7.76. The van der Waals surface area contributed by atoms with Crippen LogP contribution >= 0.6 is 23.4 Å². The molecule has 1 fully saturated rings. The number of halogens is 1. The summed E-state index contributed by atoms with van der Waals surface area (Å²) in [6, 6.07) is 12.5. The highest BCUT2D eigenvalue weighted by Gasteiger charge is 2.23. The Kier molecular flexibility index (Phi) is 7.59. The van der Waals surface area contributed by atoms with Gasteiger partial charge in [-0.3, -0.25) is 9.69 Å². The van der Waals surface area contributed by atoms with Crippen LogP contribution in [-0.4, -0.2) is 49.9 Å². The van der Waals surface area contributed by atoms with E-state index >= 15 is 0 Å². The third-order valence-electron chi connectivity index (χ3n) is 4.62. The Labute approximate surface area is 181 Å². The van der Waals surface area contributed by atoms with Gasteiger partial charge >= 0.3 is 0 Å². The molecule has 0 spiro atoms. The van der Waals surface area contributed by atoms with Crippen molar-refractivity contribution in [3.8, 4) is 0 Å². The average Bonchev–Trinajstić information content (AvgIpc) is 2.70. The third kappa shape index (κ3) is 6.20. The summed E-state index contributed by atoms with van der Waals surface area (Å²) in [6.45, 7) is 4.31. The number of thioether (sulfide) groups is 1. The van der Waals surface area contributed by atoms with Gasteiger partial charge in [0.05, 0.1) is 10.9 Å². The predicted molar refractivity (Wildman–Crippen MR) is 119 cm³/mol. The summed E-state index contributed by atoms with van der Waals surface area (Å²) in [4.78, 5) is 15.1. The molecule has 1 aliphatic heterocycles. The number of sulfonamides is 1. The van der Waals surface area contributed by atoms with Gasteiger partial charge in [0.1, 0.15) is 0 Å².